The van der Waals surface area contributed by atoms with Crippen LogP contribution >= 0.6 is 0 Å². The molecule has 16 heavy (non-hydrogen) atoms. The fourth-order valence-corrected chi connectivity index (χ4v) is 1.81. The van der Waals surface area contributed by atoms with Gasteiger partial charge in [-0.2, -0.15) is 0 Å². The van der Waals surface area contributed by atoms with Crippen molar-refractivity contribution in [1.29, 1.82) is 0 Å². The number of benzene rings is 1. The third kappa shape index (κ3) is 3.05. The molecule has 1 unspecified atom stereocenters. The molecule has 1 aromatic carbocycles. The molecule has 0 aliphatic rings. The summed E-state index contributed by atoms with van der Waals surface area (Å²) in [5.41, 5.74) is 0.883. The van der Waals surface area contributed by atoms with E-state index >= 15 is 0 Å². The molecule has 1 rings (SSSR count). The van der Waals surface area contributed by atoms with E-state index in [-0.39, 0.29) is 11.5 Å². The fourth-order valence-electron chi connectivity index (χ4n) is 1.81. The van der Waals surface area contributed by atoms with E-state index in [0.717, 1.165) is 25.1 Å². The molecule has 0 heterocycles. The van der Waals surface area contributed by atoms with Crippen LogP contribution in [0.2, 0.25) is 0 Å². The van der Waals surface area contributed by atoms with Crippen LogP contribution in [-0.4, -0.2) is 22.8 Å². The Morgan fingerprint density at radius 3 is 2.12 bits per heavy atom. The van der Waals surface area contributed by atoms with Crippen LogP contribution in [0.25, 0.3) is 0 Å². The molecule has 0 spiro atoms. The number of phenolic OH excluding ortho intramolecular Hbond substituents is 2. The highest BCUT2D eigenvalue weighted by atomic mass is 16.3. The van der Waals surface area contributed by atoms with Gasteiger partial charge in [0.15, 0.2) is 0 Å². The summed E-state index contributed by atoms with van der Waals surface area (Å²) in [4.78, 5) is 2.21. The Labute approximate surface area is 97.3 Å². The van der Waals surface area contributed by atoms with Gasteiger partial charge in [-0.05, 0) is 19.8 Å². The molecule has 0 aliphatic heterocycles. The average molecular weight is 223 g/mol. The Balaban J connectivity index is 3.00. The van der Waals surface area contributed by atoms with Gasteiger partial charge < -0.3 is 15.1 Å². The van der Waals surface area contributed by atoms with Crippen LogP contribution in [0.4, 0.5) is 5.69 Å². The predicted molar refractivity (Wildman–Crippen MR) is 67.2 cm³/mol. The first-order valence-electron chi connectivity index (χ1n) is 5.88. The van der Waals surface area contributed by atoms with Gasteiger partial charge in [-0.25, -0.2) is 0 Å². The van der Waals surface area contributed by atoms with Crippen molar-refractivity contribution in [3.63, 3.8) is 0 Å². The predicted octanol–water partition coefficient (Wildman–Crippen LogP) is 3.11. The van der Waals surface area contributed by atoms with Gasteiger partial charge in [0.2, 0.25) is 0 Å². The van der Waals surface area contributed by atoms with Gasteiger partial charge >= 0.3 is 0 Å². The Bertz CT molecular complexity index is 318. The van der Waals surface area contributed by atoms with E-state index < -0.39 is 0 Å². The number of hydrogen-bond acceptors (Lipinski definition) is 3. The second-order valence-corrected chi connectivity index (χ2v) is 4.16. The maximum atomic E-state index is 9.48. The highest BCUT2D eigenvalue weighted by Crippen LogP contribution is 2.28. The van der Waals surface area contributed by atoms with E-state index in [1.165, 1.54) is 6.07 Å². The van der Waals surface area contributed by atoms with E-state index in [2.05, 4.69) is 25.7 Å². The third-order valence-electron chi connectivity index (χ3n) is 2.81. The summed E-state index contributed by atoms with van der Waals surface area (Å²) < 4.78 is 0. The summed E-state index contributed by atoms with van der Waals surface area (Å²) in [5, 5.41) is 19.0. The molecule has 1 atom stereocenters. The van der Waals surface area contributed by atoms with Gasteiger partial charge in [0.05, 0.1) is 0 Å². The number of hydrogen-bond donors (Lipinski definition) is 2. The van der Waals surface area contributed by atoms with E-state index in [0.29, 0.717) is 6.04 Å². The van der Waals surface area contributed by atoms with Gasteiger partial charge in [0.1, 0.15) is 11.5 Å². The summed E-state index contributed by atoms with van der Waals surface area (Å²) in [6, 6.07) is 5.15. The second kappa shape index (κ2) is 5.64. The molecule has 3 heteroatoms. The molecule has 0 aliphatic carbocycles. The lowest BCUT2D eigenvalue weighted by atomic mass is 10.1. The number of nitrogens with zero attached hydrogens (tertiary/aromatic N) is 1. The minimum Gasteiger partial charge on any atom is -0.508 e. The van der Waals surface area contributed by atoms with Crippen LogP contribution in [0.5, 0.6) is 11.5 Å². The summed E-state index contributed by atoms with van der Waals surface area (Å²) in [5.74, 6) is 0.221. The largest absolute Gasteiger partial charge is 0.508 e. The van der Waals surface area contributed by atoms with E-state index in [9.17, 15) is 10.2 Å². The maximum Gasteiger partial charge on any atom is 0.121 e. The lowest BCUT2D eigenvalue weighted by Gasteiger charge is -2.30. The summed E-state index contributed by atoms with van der Waals surface area (Å²) in [7, 11) is 0. The number of aromatic hydroxyl groups is 2. The van der Waals surface area contributed by atoms with Gasteiger partial charge in [-0.3, -0.25) is 0 Å². The molecular formula is C13H21NO2. The summed E-state index contributed by atoms with van der Waals surface area (Å²) >= 11 is 0. The highest BCUT2D eigenvalue weighted by Gasteiger charge is 2.13. The van der Waals surface area contributed by atoms with Crippen molar-refractivity contribution in [1.82, 2.24) is 0 Å². The van der Waals surface area contributed by atoms with Gasteiger partial charge in [0, 0.05) is 36.5 Å². The Morgan fingerprint density at radius 2 is 1.69 bits per heavy atom. The average Bonchev–Trinajstić information content (AvgIpc) is 2.23. The third-order valence-corrected chi connectivity index (χ3v) is 2.81. The van der Waals surface area contributed by atoms with Crippen LogP contribution in [0.3, 0.4) is 0 Å². The molecule has 0 radical (unpaired) electrons. The van der Waals surface area contributed by atoms with Crippen LogP contribution in [0.1, 0.15) is 33.6 Å². The summed E-state index contributed by atoms with van der Waals surface area (Å²) in [6.07, 6.45) is 2.08. The van der Waals surface area contributed by atoms with E-state index in [1.807, 2.05) is 0 Å². The zero-order valence-corrected chi connectivity index (χ0v) is 10.3. The Morgan fingerprint density at radius 1 is 1.12 bits per heavy atom. The quantitative estimate of drug-likeness (QED) is 0.806. The van der Waals surface area contributed by atoms with Gasteiger partial charge in [0.25, 0.3) is 0 Å². The molecule has 2 N–H and O–H groups in total. The molecule has 90 valence electrons. The molecule has 0 aromatic heterocycles. The summed E-state index contributed by atoms with van der Waals surface area (Å²) in [6.45, 7) is 7.34. The van der Waals surface area contributed by atoms with Crippen molar-refractivity contribution >= 4 is 5.69 Å². The molecule has 3 nitrogen and oxygen atoms in total. The molecule has 0 saturated heterocycles. The maximum absolute atomic E-state index is 9.48. The monoisotopic (exact) mass is 223 g/mol. The smallest absolute Gasteiger partial charge is 0.121 e. The first kappa shape index (κ1) is 12.7. The molecule has 0 bridgehead atoms. The standard InChI is InChI=1S/C13H21NO2/c1-4-6-14(10(3)5-2)11-7-12(15)9-13(16)8-11/h7-10,15-16H,4-6H2,1-3H3. The minimum atomic E-state index is 0.111. The zero-order valence-electron chi connectivity index (χ0n) is 10.3. The normalized spacial score (nSPS) is 12.4. The van der Waals surface area contributed by atoms with Crippen molar-refractivity contribution in [2.75, 3.05) is 11.4 Å². The van der Waals surface area contributed by atoms with Crippen LogP contribution in [-0.2, 0) is 0 Å². The number of phenols is 2. The zero-order chi connectivity index (χ0) is 12.1. The second-order valence-electron chi connectivity index (χ2n) is 4.16. The number of rotatable bonds is 5. The van der Waals surface area contributed by atoms with Crippen molar-refractivity contribution in [3.05, 3.63) is 18.2 Å². The number of anilines is 1. The first-order chi connectivity index (χ1) is 7.58. The molecule has 0 saturated carbocycles. The molecule has 1 aromatic rings. The molecule has 0 fully saturated rings. The minimum absolute atomic E-state index is 0.111. The van der Waals surface area contributed by atoms with Crippen LogP contribution < -0.4 is 4.90 Å². The lowest BCUT2D eigenvalue weighted by molar-refractivity contribution is 0.449. The lowest BCUT2D eigenvalue weighted by Crippen LogP contribution is -2.33. The van der Waals surface area contributed by atoms with Crippen molar-refractivity contribution in [2.24, 2.45) is 0 Å². The Hall–Kier alpha value is -1.38. The van der Waals surface area contributed by atoms with Gasteiger partial charge in [-0.1, -0.05) is 13.8 Å². The van der Waals surface area contributed by atoms with Crippen molar-refractivity contribution in [2.45, 2.75) is 39.7 Å². The van der Waals surface area contributed by atoms with Gasteiger partial charge in [-0.15, -0.1) is 0 Å². The van der Waals surface area contributed by atoms with Crippen molar-refractivity contribution < 1.29 is 10.2 Å². The van der Waals surface area contributed by atoms with E-state index in [4.69, 9.17) is 0 Å². The molecule has 0 amide bonds. The first-order valence-corrected chi connectivity index (χ1v) is 5.88. The van der Waals surface area contributed by atoms with Crippen LogP contribution in [0, 0.1) is 0 Å². The Kier molecular flexibility index (Phi) is 4.47. The SMILES string of the molecule is CCCN(c1cc(O)cc(O)c1)C(C)CC. The molecular weight excluding hydrogens is 202 g/mol. The highest BCUT2D eigenvalue weighted by molar-refractivity contribution is 5.55. The van der Waals surface area contributed by atoms with Crippen molar-refractivity contribution in [3.8, 4) is 11.5 Å². The topological polar surface area (TPSA) is 43.7 Å². The van der Waals surface area contributed by atoms with E-state index in [1.54, 1.807) is 12.1 Å². The fraction of sp³-hybridized carbons (Fsp3) is 0.538. The van der Waals surface area contributed by atoms with Crippen LogP contribution in [0.15, 0.2) is 18.2 Å².